The van der Waals surface area contributed by atoms with Gasteiger partial charge < -0.3 is 5.32 Å². The molecule has 0 heterocycles. The van der Waals surface area contributed by atoms with E-state index in [1.54, 1.807) is 6.07 Å². The Morgan fingerprint density at radius 3 is 2.58 bits per heavy atom. The van der Waals surface area contributed by atoms with E-state index >= 15 is 0 Å². The highest BCUT2D eigenvalue weighted by atomic mass is 16.1. The van der Waals surface area contributed by atoms with Crippen molar-refractivity contribution in [2.24, 2.45) is 5.92 Å². The molecule has 0 unspecified atom stereocenters. The molecule has 1 aromatic rings. The summed E-state index contributed by atoms with van der Waals surface area (Å²) in [6, 6.07) is 9.81. The van der Waals surface area contributed by atoms with Crippen LogP contribution in [0.1, 0.15) is 48.5 Å². The fraction of sp³-hybridized carbons (Fsp3) is 0.500. The molecule has 0 aliphatic heterocycles. The second-order valence-corrected chi connectivity index (χ2v) is 5.65. The van der Waals surface area contributed by atoms with E-state index in [1.807, 2.05) is 25.1 Å². The molecular weight excluding hydrogens is 236 g/mol. The number of hydrogen-bond donors (Lipinski definition) is 1. The predicted molar refractivity (Wildman–Crippen MR) is 74.6 cm³/mol. The highest BCUT2D eigenvalue weighted by Gasteiger charge is 2.36. The van der Waals surface area contributed by atoms with Crippen LogP contribution in [-0.2, 0) is 0 Å². The van der Waals surface area contributed by atoms with E-state index in [0.717, 1.165) is 31.2 Å². The molecule has 0 radical (unpaired) electrons. The van der Waals surface area contributed by atoms with E-state index < -0.39 is 5.54 Å². The van der Waals surface area contributed by atoms with Gasteiger partial charge in [0, 0.05) is 5.56 Å². The molecule has 0 bridgehead atoms. The van der Waals surface area contributed by atoms with Crippen molar-refractivity contribution in [3.63, 3.8) is 0 Å². The Morgan fingerprint density at radius 2 is 2.00 bits per heavy atom. The summed E-state index contributed by atoms with van der Waals surface area (Å²) in [4.78, 5) is 12.3. The van der Waals surface area contributed by atoms with Gasteiger partial charge in [0.05, 0.1) is 6.07 Å². The first kappa shape index (κ1) is 13.6. The fourth-order valence-corrected chi connectivity index (χ4v) is 2.63. The number of hydrogen-bond acceptors (Lipinski definition) is 2. The van der Waals surface area contributed by atoms with Crippen LogP contribution in [0.5, 0.6) is 0 Å². The largest absolute Gasteiger partial charge is 0.334 e. The van der Waals surface area contributed by atoms with Crippen LogP contribution in [-0.4, -0.2) is 11.4 Å². The lowest BCUT2D eigenvalue weighted by Gasteiger charge is -2.34. The van der Waals surface area contributed by atoms with Crippen molar-refractivity contribution in [2.45, 2.75) is 45.1 Å². The van der Waals surface area contributed by atoms with Gasteiger partial charge in [-0.1, -0.05) is 25.1 Å². The summed E-state index contributed by atoms with van der Waals surface area (Å²) in [7, 11) is 0. The summed E-state index contributed by atoms with van der Waals surface area (Å²) in [6.45, 7) is 4.11. The van der Waals surface area contributed by atoms with Crippen LogP contribution in [0.15, 0.2) is 24.3 Å². The maximum absolute atomic E-state index is 12.3. The first-order valence-electron chi connectivity index (χ1n) is 6.86. The Balaban J connectivity index is 2.14. The average Bonchev–Trinajstić information content (AvgIpc) is 2.42. The van der Waals surface area contributed by atoms with Gasteiger partial charge >= 0.3 is 0 Å². The lowest BCUT2D eigenvalue weighted by atomic mass is 9.78. The lowest BCUT2D eigenvalue weighted by Crippen LogP contribution is -2.49. The highest BCUT2D eigenvalue weighted by molar-refractivity contribution is 5.96. The standard InChI is InChI=1S/C16H20N2O/c1-12-7-9-16(11-17,10-8-12)18-15(19)14-6-4-3-5-13(14)2/h3-6,12H,7-10H2,1-2H3,(H,18,19). The van der Waals surface area contributed by atoms with Crippen LogP contribution in [0.4, 0.5) is 0 Å². The van der Waals surface area contributed by atoms with Crippen LogP contribution in [0.25, 0.3) is 0 Å². The normalized spacial score (nSPS) is 26.5. The van der Waals surface area contributed by atoms with Crippen molar-refractivity contribution in [1.29, 1.82) is 5.26 Å². The second-order valence-electron chi connectivity index (χ2n) is 5.65. The molecule has 1 saturated carbocycles. The third kappa shape index (κ3) is 2.96. The molecule has 2 rings (SSSR count). The Hall–Kier alpha value is -1.82. The number of amides is 1. The quantitative estimate of drug-likeness (QED) is 0.883. The van der Waals surface area contributed by atoms with Crippen molar-refractivity contribution in [3.8, 4) is 6.07 Å². The monoisotopic (exact) mass is 256 g/mol. The van der Waals surface area contributed by atoms with E-state index in [0.29, 0.717) is 11.5 Å². The van der Waals surface area contributed by atoms with Gasteiger partial charge in [-0.2, -0.15) is 5.26 Å². The maximum atomic E-state index is 12.3. The van der Waals surface area contributed by atoms with Gasteiger partial charge in [-0.25, -0.2) is 0 Å². The molecule has 1 aliphatic rings. The molecule has 1 fully saturated rings. The predicted octanol–water partition coefficient (Wildman–Crippen LogP) is 3.20. The van der Waals surface area contributed by atoms with Crippen molar-refractivity contribution in [2.75, 3.05) is 0 Å². The first-order chi connectivity index (χ1) is 9.06. The van der Waals surface area contributed by atoms with E-state index in [2.05, 4.69) is 18.3 Å². The molecule has 1 aromatic carbocycles. The highest BCUT2D eigenvalue weighted by Crippen LogP contribution is 2.31. The molecule has 1 N–H and O–H groups in total. The van der Waals surface area contributed by atoms with E-state index in [1.165, 1.54) is 0 Å². The number of carbonyl (C=O) groups excluding carboxylic acids is 1. The van der Waals surface area contributed by atoms with Gasteiger partial charge in [-0.15, -0.1) is 0 Å². The zero-order chi connectivity index (χ0) is 13.9. The Labute approximate surface area is 114 Å². The summed E-state index contributed by atoms with van der Waals surface area (Å²) < 4.78 is 0. The average molecular weight is 256 g/mol. The third-order valence-corrected chi connectivity index (χ3v) is 4.08. The molecule has 0 atom stereocenters. The number of benzene rings is 1. The van der Waals surface area contributed by atoms with Gasteiger partial charge in [0.2, 0.25) is 0 Å². The molecule has 19 heavy (non-hydrogen) atoms. The van der Waals surface area contributed by atoms with Crippen LogP contribution in [0.3, 0.4) is 0 Å². The second kappa shape index (κ2) is 5.44. The molecule has 100 valence electrons. The van der Waals surface area contributed by atoms with Gasteiger partial charge in [-0.3, -0.25) is 4.79 Å². The van der Waals surface area contributed by atoms with Crippen LogP contribution in [0, 0.1) is 24.2 Å². The summed E-state index contributed by atoms with van der Waals surface area (Å²) in [5.41, 5.74) is 0.930. The summed E-state index contributed by atoms with van der Waals surface area (Å²) >= 11 is 0. The van der Waals surface area contributed by atoms with Crippen molar-refractivity contribution in [3.05, 3.63) is 35.4 Å². The van der Waals surface area contributed by atoms with E-state index in [9.17, 15) is 10.1 Å². The minimum Gasteiger partial charge on any atom is -0.334 e. The van der Waals surface area contributed by atoms with Crippen molar-refractivity contribution >= 4 is 5.91 Å². The smallest absolute Gasteiger partial charge is 0.252 e. The SMILES string of the molecule is Cc1ccccc1C(=O)NC1(C#N)CCC(C)CC1. The fourth-order valence-electron chi connectivity index (χ4n) is 2.63. The Kier molecular flexibility index (Phi) is 3.90. The van der Waals surface area contributed by atoms with Crippen molar-refractivity contribution < 1.29 is 4.79 Å². The topological polar surface area (TPSA) is 52.9 Å². The summed E-state index contributed by atoms with van der Waals surface area (Å²) in [5, 5.41) is 12.4. The summed E-state index contributed by atoms with van der Waals surface area (Å²) in [5.74, 6) is 0.519. The number of carbonyl (C=O) groups is 1. The van der Waals surface area contributed by atoms with Gasteiger partial charge in [0.1, 0.15) is 5.54 Å². The van der Waals surface area contributed by atoms with Crippen LogP contribution < -0.4 is 5.32 Å². The number of nitrogens with zero attached hydrogens (tertiary/aromatic N) is 1. The van der Waals surface area contributed by atoms with Crippen LogP contribution in [0.2, 0.25) is 0 Å². The third-order valence-electron chi connectivity index (χ3n) is 4.08. The van der Waals surface area contributed by atoms with E-state index in [4.69, 9.17) is 0 Å². The van der Waals surface area contributed by atoms with Crippen LogP contribution >= 0.6 is 0 Å². The maximum Gasteiger partial charge on any atom is 0.252 e. The molecule has 3 heteroatoms. The first-order valence-corrected chi connectivity index (χ1v) is 6.86. The zero-order valence-electron chi connectivity index (χ0n) is 11.6. The molecule has 1 amide bonds. The Bertz CT molecular complexity index is 508. The van der Waals surface area contributed by atoms with Gasteiger partial charge in [0.15, 0.2) is 0 Å². The lowest BCUT2D eigenvalue weighted by molar-refractivity contribution is 0.0893. The zero-order valence-corrected chi connectivity index (χ0v) is 11.6. The minimum absolute atomic E-state index is 0.130. The number of nitrogens with one attached hydrogen (secondary N) is 1. The van der Waals surface area contributed by atoms with E-state index in [-0.39, 0.29) is 5.91 Å². The molecule has 0 saturated heterocycles. The van der Waals surface area contributed by atoms with Gasteiger partial charge in [-0.05, 0) is 50.2 Å². The molecule has 0 aromatic heterocycles. The molecule has 1 aliphatic carbocycles. The van der Waals surface area contributed by atoms with Gasteiger partial charge in [0.25, 0.3) is 5.91 Å². The number of rotatable bonds is 2. The molecule has 3 nitrogen and oxygen atoms in total. The molecular formula is C16H20N2O. The van der Waals surface area contributed by atoms with Crippen molar-refractivity contribution in [1.82, 2.24) is 5.32 Å². The number of aryl methyl sites for hydroxylation is 1. The number of nitriles is 1. The molecule has 0 spiro atoms. The summed E-state index contributed by atoms with van der Waals surface area (Å²) in [6.07, 6.45) is 3.51. The Morgan fingerprint density at radius 1 is 1.37 bits per heavy atom. The minimum atomic E-state index is -0.675.